The zero-order valence-corrected chi connectivity index (χ0v) is 13.2. The van der Waals surface area contributed by atoms with E-state index in [-0.39, 0.29) is 17.4 Å². The fourth-order valence-corrected chi connectivity index (χ4v) is 2.83. The topological polar surface area (TPSA) is 127 Å². The summed E-state index contributed by atoms with van der Waals surface area (Å²) < 4.78 is 22.2. The molecule has 7 nitrogen and oxygen atoms in total. The van der Waals surface area contributed by atoms with Crippen molar-refractivity contribution in [3.05, 3.63) is 53.6 Å². The van der Waals surface area contributed by atoms with Crippen LogP contribution in [0.2, 0.25) is 0 Å². The lowest BCUT2D eigenvalue weighted by Crippen LogP contribution is -1.99. The first-order valence-electron chi connectivity index (χ1n) is 6.96. The second kappa shape index (κ2) is 6.08. The molecular weight excluding hydrogens is 330 g/mol. The molecule has 3 aromatic rings. The Morgan fingerprint density at radius 1 is 1.17 bits per heavy atom. The van der Waals surface area contributed by atoms with E-state index in [0.717, 1.165) is 10.9 Å². The van der Waals surface area contributed by atoms with Crippen LogP contribution in [0, 0.1) is 0 Å². The lowest BCUT2D eigenvalue weighted by molar-refractivity contribution is 0.282. The quantitative estimate of drug-likeness (QED) is 0.626. The summed E-state index contributed by atoms with van der Waals surface area (Å²) in [4.78, 5) is 6.93. The van der Waals surface area contributed by atoms with Crippen LogP contribution in [0.25, 0.3) is 10.9 Å². The number of aliphatic hydroxyl groups excluding tert-OH is 1. The molecule has 1 heterocycles. The second-order valence-corrected chi connectivity index (χ2v) is 6.66. The summed E-state index contributed by atoms with van der Waals surface area (Å²) in [6.07, 6.45) is 1.47. The average Bonchev–Trinajstić information content (AvgIpc) is 2.86. The average molecular weight is 344 g/mol. The minimum absolute atomic E-state index is 0.0470. The second-order valence-electron chi connectivity index (χ2n) is 5.18. The van der Waals surface area contributed by atoms with Crippen molar-refractivity contribution in [2.24, 2.45) is 4.99 Å². The van der Waals surface area contributed by atoms with Crippen LogP contribution in [0.1, 0.15) is 11.1 Å². The molecule has 0 spiro atoms. The first-order valence-corrected chi connectivity index (χ1v) is 8.45. The molecule has 0 aliphatic carbocycles. The zero-order valence-electron chi connectivity index (χ0n) is 12.4. The minimum atomic E-state index is -3.99. The third-order valence-corrected chi connectivity index (χ3v) is 4.45. The van der Waals surface area contributed by atoms with Crippen LogP contribution in [0.4, 0.5) is 5.69 Å². The molecule has 0 saturated heterocycles. The number of nitrogens with one attached hydrogen (secondary N) is 2. The molecule has 24 heavy (non-hydrogen) atoms. The smallest absolute Gasteiger partial charge is 0.254 e. The van der Waals surface area contributed by atoms with Gasteiger partial charge in [0.25, 0.3) is 10.0 Å². The van der Waals surface area contributed by atoms with Gasteiger partial charge in [0.05, 0.1) is 22.8 Å². The van der Waals surface area contributed by atoms with E-state index < -0.39 is 10.0 Å². The van der Waals surface area contributed by atoms with E-state index in [1.54, 1.807) is 18.2 Å². The molecule has 8 heteroatoms. The molecule has 1 aromatic heterocycles. The number of benzene rings is 2. The summed E-state index contributed by atoms with van der Waals surface area (Å²) >= 11 is 0. The number of nitrogens with zero attached hydrogens (tertiary/aromatic N) is 1. The lowest BCUT2D eigenvalue weighted by Gasteiger charge is -1.98. The Kier molecular flexibility index (Phi) is 4.10. The Morgan fingerprint density at radius 2 is 1.88 bits per heavy atom. The van der Waals surface area contributed by atoms with Gasteiger partial charge in [0.15, 0.2) is 5.88 Å². The van der Waals surface area contributed by atoms with Crippen molar-refractivity contribution in [1.82, 2.24) is 10.1 Å². The van der Waals surface area contributed by atoms with Gasteiger partial charge >= 0.3 is 0 Å². The van der Waals surface area contributed by atoms with Crippen molar-refractivity contribution >= 4 is 32.8 Å². The Balaban J connectivity index is 1.94. The summed E-state index contributed by atoms with van der Waals surface area (Å²) in [5, 5.41) is 26.9. The molecule has 0 saturated carbocycles. The third kappa shape index (κ3) is 3.16. The van der Waals surface area contributed by atoms with Crippen LogP contribution < -0.4 is 5.14 Å². The highest BCUT2D eigenvalue weighted by atomic mass is 32.2. The van der Waals surface area contributed by atoms with Gasteiger partial charge in [-0.2, -0.15) is 0 Å². The molecule has 0 aliphatic heterocycles. The number of hydrogen-bond acceptors (Lipinski definition) is 5. The number of aromatic nitrogens is 1. The van der Waals surface area contributed by atoms with Crippen LogP contribution >= 0.6 is 0 Å². The number of aliphatic hydroxyl groups is 1. The molecule has 0 amide bonds. The van der Waals surface area contributed by atoms with Crippen molar-refractivity contribution in [3.8, 4) is 5.88 Å². The Hall–Kier alpha value is -2.68. The van der Waals surface area contributed by atoms with Crippen LogP contribution in [-0.4, -0.2) is 29.8 Å². The van der Waals surface area contributed by atoms with E-state index in [1.807, 2.05) is 0 Å². The number of sulfonamides is 1. The number of H-pyrrole nitrogens is 1. The largest absolute Gasteiger partial charge is 0.494 e. The van der Waals surface area contributed by atoms with E-state index in [0.29, 0.717) is 16.8 Å². The number of aliphatic imine (C=N–C) groups is 1. The molecule has 123 valence electrons. The highest BCUT2D eigenvalue weighted by Crippen LogP contribution is 2.27. The Morgan fingerprint density at radius 3 is 2.50 bits per heavy atom. The predicted molar refractivity (Wildman–Crippen MR) is 89.9 cm³/mol. The van der Waals surface area contributed by atoms with Crippen LogP contribution in [0.5, 0.6) is 5.88 Å². The normalized spacial score (nSPS) is 12.2. The van der Waals surface area contributed by atoms with Gasteiger partial charge < -0.3 is 15.2 Å². The van der Waals surface area contributed by atoms with Crippen LogP contribution in [0.15, 0.2) is 52.4 Å². The molecule has 1 radical (unpaired) electrons. The SMILES string of the molecule is [NH]S(=O)(=O)c1ccc(N=Cc2c(O)[nH]c3cc(CO)ccc23)cc1. The molecule has 3 rings (SSSR count). The standard InChI is InChI=1S/C16H14N3O4S/c17-24(22,23)12-4-2-11(3-5-12)18-8-14-13-6-1-10(9-20)7-15(13)19-16(14)21/h1-8,17,19-21H,9H2. The number of fused-ring (bicyclic) bond motifs is 1. The fraction of sp³-hybridized carbons (Fsp3) is 0.0625. The minimum Gasteiger partial charge on any atom is -0.494 e. The number of aromatic hydroxyl groups is 1. The van der Waals surface area contributed by atoms with E-state index >= 15 is 0 Å². The van der Waals surface area contributed by atoms with Crippen LogP contribution in [0.3, 0.4) is 0 Å². The molecule has 2 aromatic carbocycles. The van der Waals surface area contributed by atoms with Crippen LogP contribution in [-0.2, 0) is 16.6 Å². The lowest BCUT2D eigenvalue weighted by atomic mass is 10.1. The van der Waals surface area contributed by atoms with Crippen molar-refractivity contribution in [1.29, 1.82) is 0 Å². The molecule has 0 bridgehead atoms. The number of rotatable bonds is 4. The first kappa shape index (κ1) is 16.2. The highest BCUT2D eigenvalue weighted by molar-refractivity contribution is 7.88. The monoisotopic (exact) mass is 344 g/mol. The molecule has 4 N–H and O–H groups in total. The van der Waals surface area contributed by atoms with Gasteiger partial charge in [-0.3, -0.25) is 4.99 Å². The third-order valence-electron chi connectivity index (χ3n) is 3.55. The molecule has 0 unspecified atom stereocenters. The van der Waals surface area contributed by atoms with Crippen molar-refractivity contribution in [2.75, 3.05) is 0 Å². The predicted octanol–water partition coefficient (Wildman–Crippen LogP) is 2.09. The maximum atomic E-state index is 11.1. The fourth-order valence-electron chi connectivity index (χ4n) is 2.33. The summed E-state index contributed by atoms with van der Waals surface area (Å²) in [5.74, 6) is -0.0470. The Labute approximate surface area is 138 Å². The van der Waals surface area contributed by atoms with Gasteiger partial charge in [0.1, 0.15) is 0 Å². The van der Waals surface area contributed by atoms with E-state index in [2.05, 4.69) is 9.98 Å². The molecule has 0 atom stereocenters. The first-order chi connectivity index (χ1) is 11.4. The molecular formula is C16H14N3O4S. The maximum absolute atomic E-state index is 11.1. The van der Waals surface area contributed by atoms with Crippen molar-refractivity contribution < 1.29 is 18.6 Å². The van der Waals surface area contributed by atoms with Gasteiger partial charge in [-0.15, -0.1) is 5.14 Å². The number of hydrogen-bond donors (Lipinski definition) is 3. The summed E-state index contributed by atoms with van der Waals surface area (Å²) in [6, 6.07) is 10.8. The van der Waals surface area contributed by atoms with Gasteiger partial charge in [-0.1, -0.05) is 12.1 Å². The van der Waals surface area contributed by atoms with Crippen molar-refractivity contribution in [3.63, 3.8) is 0 Å². The van der Waals surface area contributed by atoms with E-state index in [1.165, 1.54) is 30.5 Å². The molecule has 0 aliphatic rings. The van der Waals surface area contributed by atoms with Gasteiger partial charge in [0.2, 0.25) is 0 Å². The van der Waals surface area contributed by atoms with E-state index in [9.17, 15) is 13.5 Å². The molecule has 0 fully saturated rings. The van der Waals surface area contributed by atoms with Gasteiger partial charge in [0, 0.05) is 17.1 Å². The summed E-state index contributed by atoms with van der Waals surface area (Å²) in [5.41, 5.74) is 2.38. The van der Waals surface area contributed by atoms with Crippen molar-refractivity contribution in [2.45, 2.75) is 11.5 Å². The van der Waals surface area contributed by atoms with Gasteiger partial charge in [-0.05, 0) is 35.9 Å². The van der Waals surface area contributed by atoms with E-state index in [4.69, 9.17) is 10.2 Å². The zero-order chi connectivity index (χ0) is 17.3. The summed E-state index contributed by atoms with van der Waals surface area (Å²) in [7, 11) is -3.99. The summed E-state index contributed by atoms with van der Waals surface area (Å²) in [6.45, 7) is -0.0929. The van der Waals surface area contributed by atoms with Gasteiger partial charge in [-0.25, -0.2) is 8.42 Å². The Bertz CT molecular complexity index is 1020. The highest BCUT2D eigenvalue weighted by Gasteiger charge is 2.10. The number of aromatic amines is 1. The maximum Gasteiger partial charge on any atom is 0.254 e.